The van der Waals surface area contributed by atoms with Gasteiger partial charge in [-0.3, -0.25) is 48.1 Å². The van der Waals surface area contributed by atoms with Crippen molar-refractivity contribution in [3.63, 3.8) is 0 Å². The average molecular weight is 1380 g/mol. The van der Waals surface area contributed by atoms with Crippen molar-refractivity contribution in [1.29, 1.82) is 0 Å². The van der Waals surface area contributed by atoms with E-state index in [0.717, 1.165) is 23.4 Å². The van der Waals surface area contributed by atoms with Crippen molar-refractivity contribution in [3.05, 3.63) is 82.3 Å². The number of thiazole rings is 1. The molecule has 2 aliphatic rings. The Morgan fingerprint density at radius 3 is 2.05 bits per heavy atom. The first-order chi connectivity index (χ1) is 46.0. The number of aromatic nitrogens is 1. The highest BCUT2D eigenvalue weighted by Crippen LogP contribution is 2.36. The van der Waals surface area contributed by atoms with Gasteiger partial charge in [0.25, 0.3) is 0 Å². The van der Waals surface area contributed by atoms with Gasteiger partial charge in [-0.15, -0.1) is 11.3 Å². The summed E-state index contributed by atoms with van der Waals surface area (Å²) in [5.41, 5.74) is 7.39. The van der Waals surface area contributed by atoms with Crippen LogP contribution in [0.2, 0.25) is 0 Å². The van der Waals surface area contributed by atoms with E-state index in [-0.39, 0.29) is 159 Å². The number of carbonyl (C=O) groups excluding carboxylic acids is 11. The van der Waals surface area contributed by atoms with E-state index in [2.05, 4.69) is 40.0 Å². The van der Waals surface area contributed by atoms with Crippen LogP contribution in [0.1, 0.15) is 196 Å². The number of hydrogen-bond acceptors (Lipinski definition) is 15. The van der Waals surface area contributed by atoms with Crippen molar-refractivity contribution >= 4 is 81.9 Å². The smallest absolute Gasteiger partial charge is 0.410 e. The normalized spacial score (nSPS) is 17.8. The van der Waals surface area contributed by atoms with Crippen molar-refractivity contribution in [2.75, 3.05) is 46.2 Å². The summed E-state index contributed by atoms with van der Waals surface area (Å²) in [4.78, 5) is 160. The number of imide groups is 1. The van der Waals surface area contributed by atoms with E-state index < -0.39 is 54.1 Å². The van der Waals surface area contributed by atoms with Crippen LogP contribution in [0.25, 0.3) is 0 Å². The minimum Gasteiger partial charge on any atom is -0.445 e. The highest BCUT2D eigenvalue weighted by atomic mass is 32.1. The van der Waals surface area contributed by atoms with Crippen molar-refractivity contribution in [2.24, 2.45) is 59.0 Å². The summed E-state index contributed by atoms with van der Waals surface area (Å²) in [7, 11) is 4.77. The Morgan fingerprint density at radius 1 is 0.786 bits per heavy atom. The first-order valence-corrected chi connectivity index (χ1v) is 35.9. The molecular formula is C75H115N9O13S. The molecule has 1 aromatic heterocycles. The first-order valence-electron chi connectivity index (χ1n) is 35.1. The lowest BCUT2D eigenvalue weighted by Gasteiger charge is -2.41. The van der Waals surface area contributed by atoms with E-state index in [0.29, 0.717) is 69.3 Å². The molecule has 0 radical (unpaired) electrons. The third kappa shape index (κ3) is 24.2. The second-order valence-corrected chi connectivity index (χ2v) is 29.1. The summed E-state index contributed by atoms with van der Waals surface area (Å²) in [5.74, 6) is -5.52. The Kier molecular flexibility index (Phi) is 34.4. The number of benzene rings is 2. The van der Waals surface area contributed by atoms with Gasteiger partial charge in [-0.1, -0.05) is 139 Å². The van der Waals surface area contributed by atoms with Crippen molar-refractivity contribution in [1.82, 2.24) is 35.2 Å². The zero-order valence-electron chi connectivity index (χ0n) is 60.0. The SMILES string of the molecule is C.CC[C@H](C)[C@@H]([C@@H](CC(=O)N1CCC[C@H]1[C@H](C)[C@@H](C)C(=O)C[C@@H](Cc1ccccc1)c1nccs1)OC)N(C)C(=O)[C@@H](CC(=O)[C@H](C(C)C)N(C)C(=O)OCc1ccc(NC(=O)[C@H](CCCNC(N)=O)CC(=O)[C@@H](NC(=O)CCCCCN2C(=O)CC(C)C2=O)C(C)C)cc1)C(C)C. The monoisotopic (exact) mass is 1380 g/mol. The third-order valence-electron chi connectivity index (χ3n) is 19.9. The fraction of sp³-hybridized carbons (Fsp3) is 0.653. The highest BCUT2D eigenvalue weighted by molar-refractivity contribution is 7.09. The molecule has 9 amide bonds. The van der Waals surface area contributed by atoms with Crippen LogP contribution in [0, 0.1) is 53.3 Å². The standard InChI is InChI=1S/C74H111N9O13S.CH4/c1-15-48(8)68(62(95-14)43-65(89)82-36-23-27-58(82)50(10)51(11)59(84)41-55(70-76-34-37-97-70)39-52-24-18-16-19-25-52)80(12)72(92)57(45(2)3)42-61(86)67(47(6)7)81(13)74(94)96-44-53-29-31-56(32-30-53)78-69(90)54(26-22-33-77-73(75)93)40-60(85)66(46(4)5)79-63(87)28-20-17-21-35-83-64(88)38-49(9)71(83)91;/h16,18-19,24-25,29-32,34,37,45-51,54-55,57-58,62,66-68H,15,17,20-23,26-28,33,35-36,38-44H2,1-14H3,(H,78,90)(H,79,87)(H3,75,77,93);1H4/t48-,49?,50+,51+,54+,55+,57-,58-,62+,66-,67-,68-;/m0./s1. The molecule has 22 nitrogen and oxygen atoms in total. The molecule has 2 aromatic carbocycles. The number of nitrogens with one attached hydrogen (secondary N) is 3. The largest absolute Gasteiger partial charge is 0.445 e. The van der Waals surface area contributed by atoms with Gasteiger partial charge in [-0.25, -0.2) is 14.6 Å². The number of primary amides is 1. The Balaban J connectivity index is 0.0000204. The summed E-state index contributed by atoms with van der Waals surface area (Å²) in [5, 5.41) is 11.1. The molecule has 0 spiro atoms. The van der Waals surface area contributed by atoms with Gasteiger partial charge in [0, 0.05) is 126 Å². The van der Waals surface area contributed by atoms with E-state index in [9.17, 15) is 52.7 Å². The number of nitrogens with two attached hydrogens (primary N) is 1. The average Bonchev–Trinajstić information content (AvgIpc) is 0.883. The molecule has 12 atom stereocenters. The Hall–Kier alpha value is -7.40. The Bertz CT molecular complexity index is 3090. The molecule has 2 fully saturated rings. The summed E-state index contributed by atoms with van der Waals surface area (Å²) in [6.45, 7) is 21.7. The van der Waals surface area contributed by atoms with E-state index in [1.54, 1.807) is 81.6 Å². The fourth-order valence-corrected chi connectivity index (χ4v) is 14.5. The summed E-state index contributed by atoms with van der Waals surface area (Å²) >= 11 is 1.56. The van der Waals surface area contributed by atoms with Gasteiger partial charge < -0.3 is 45.9 Å². The summed E-state index contributed by atoms with van der Waals surface area (Å²) in [6.07, 6.45) is 5.80. The zero-order valence-corrected chi connectivity index (χ0v) is 60.8. The number of nitrogens with zero attached hydrogens (tertiary/aromatic N) is 5. The summed E-state index contributed by atoms with van der Waals surface area (Å²) in [6, 6.07) is 13.5. The number of methoxy groups -OCH3 is 1. The van der Waals surface area contributed by atoms with E-state index in [4.69, 9.17) is 15.2 Å². The highest BCUT2D eigenvalue weighted by Gasteiger charge is 2.43. The second-order valence-electron chi connectivity index (χ2n) is 28.1. The number of Topliss-reactive ketones (excluding diaryl/α,β-unsaturated/α-hetero) is 3. The van der Waals surface area contributed by atoms with Crippen LogP contribution in [-0.2, 0) is 65.7 Å². The second kappa shape index (κ2) is 40.6. The lowest BCUT2D eigenvalue weighted by Crippen LogP contribution is -2.54. The van der Waals surface area contributed by atoms with Gasteiger partial charge in [0.2, 0.25) is 35.4 Å². The fourth-order valence-electron chi connectivity index (χ4n) is 13.8. The van der Waals surface area contributed by atoms with Gasteiger partial charge in [0.1, 0.15) is 12.4 Å². The van der Waals surface area contributed by atoms with E-state index >= 15 is 0 Å². The number of anilines is 1. The topological polar surface area (TPSA) is 294 Å². The van der Waals surface area contributed by atoms with Gasteiger partial charge >= 0.3 is 12.1 Å². The maximum atomic E-state index is 14.9. The van der Waals surface area contributed by atoms with Gasteiger partial charge in [0.05, 0.1) is 35.7 Å². The van der Waals surface area contributed by atoms with Gasteiger partial charge in [-0.2, -0.15) is 0 Å². The molecule has 3 heterocycles. The van der Waals surface area contributed by atoms with Gasteiger partial charge in [-0.05, 0) is 97.8 Å². The van der Waals surface area contributed by atoms with Gasteiger partial charge in [0.15, 0.2) is 11.6 Å². The molecule has 0 aliphatic carbocycles. The molecule has 0 bridgehead atoms. The molecule has 23 heteroatoms. The number of rotatable bonds is 41. The molecule has 1 unspecified atom stereocenters. The van der Waals surface area contributed by atoms with Crippen molar-refractivity contribution in [2.45, 2.75) is 223 Å². The van der Waals surface area contributed by atoms with Crippen molar-refractivity contribution in [3.8, 4) is 0 Å². The lowest BCUT2D eigenvalue weighted by atomic mass is 9.81. The molecule has 2 aliphatic heterocycles. The zero-order chi connectivity index (χ0) is 71.8. The maximum Gasteiger partial charge on any atom is 0.410 e. The van der Waals surface area contributed by atoms with Crippen LogP contribution >= 0.6 is 11.3 Å². The number of likely N-dealkylation sites (tertiary alicyclic amines) is 2. The minimum atomic E-state index is -0.950. The number of carbonyl (C=O) groups is 11. The predicted octanol–water partition coefficient (Wildman–Crippen LogP) is 11.2. The molecule has 2 saturated heterocycles. The minimum absolute atomic E-state index is 0. The van der Waals surface area contributed by atoms with E-state index in [1.165, 1.54) is 16.8 Å². The number of hydrogen-bond donors (Lipinski definition) is 4. The maximum absolute atomic E-state index is 14.9. The van der Waals surface area contributed by atoms with Crippen LogP contribution in [0.3, 0.4) is 0 Å². The number of unbranched alkanes of at least 4 members (excludes halogenated alkanes) is 2. The molecule has 98 heavy (non-hydrogen) atoms. The molecule has 0 saturated carbocycles. The van der Waals surface area contributed by atoms with Crippen molar-refractivity contribution < 1.29 is 62.2 Å². The predicted molar refractivity (Wildman–Crippen MR) is 381 cm³/mol. The summed E-state index contributed by atoms with van der Waals surface area (Å²) < 4.78 is 11.9. The third-order valence-corrected chi connectivity index (χ3v) is 20.8. The molecule has 3 aromatic rings. The Labute approximate surface area is 586 Å². The van der Waals surface area contributed by atoms with Crippen LogP contribution < -0.4 is 21.7 Å². The van der Waals surface area contributed by atoms with Crippen LogP contribution in [0.5, 0.6) is 0 Å². The molecule has 5 N–H and O–H groups in total. The number of urea groups is 1. The molecule has 544 valence electrons. The Morgan fingerprint density at radius 2 is 1.47 bits per heavy atom. The number of amides is 9. The first kappa shape index (κ1) is 83.0. The molecule has 5 rings (SSSR count). The number of likely N-dealkylation sites (N-methyl/N-ethyl adjacent to an activating group) is 2. The lowest BCUT2D eigenvalue weighted by molar-refractivity contribution is -0.148. The quantitative estimate of drug-likeness (QED) is 0.0303. The molecular weight excluding hydrogens is 1270 g/mol. The van der Waals surface area contributed by atoms with Crippen LogP contribution in [0.4, 0.5) is 15.3 Å². The number of ketones is 3. The number of ether oxygens (including phenoxy) is 2. The van der Waals surface area contributed by atoms with Crippen LogP contribution in [0.15, 0.2) is 66.2 Å². The van der Waals surface area contributed by atoms with Crippen LogP contribution in [-0.4, -0.2) is 161 Å². The van der Waals surface area contributed by atoms with E-state index in [1.807, 2.05) is 76.9 Å².